The molecule has 5 N–H and O–H groups in total. The monoisotopic (exact) mass is 684 g/mol. The molecule has 0 aromatic heterocycles. The van der Waals surface area contributed by atoms with Crippen molar-refractivity contribution in [2.45, 2.75) is 56.8 Å². The maximum atomic E-state index is 13.6. The average Bonchev–Trinajstić information content (AvgIpc) is 3.17. The van der Waals surface area contributed by atoms with E-state index in [2.05, 4.69) is 64.1 Å². The number of amides is 2. The minimum absolute atomic E-state index is 0.0636. The zero-order valence-corrected chi connectivity index (χ0v) is 29.2. The topological polar surface area (TPSA) is 117 Å². The molecule has 5 rings (SSSR count). The molecule has 0 spiro atoms. The second-order valence-electron chi connectivity index (χ2n) is 12.7. The van der Waals surface area contributed by atoms with Crippen molar-refractivity contribution in [2.75, 3.05) is 23.9 Å². The number of anilines is 2. The minimum Gasteiger partial charge on any atom is -0.497 e. The second kappa shape index (κ2) is 19.1. The molecule has 0 saturated heterocycles. The zero-order chi connectivity index (χ0) is 35.8. The summed E-state index contributed by atoms with van der Waals surface area (Å²) in [4.78, 5) is 29.3. The fourth-order valence-electron chi connectivity index (χ4n) is 6.30. The number of hydrogen-bond acceptors (Lipinski definition) is 6. The highest BCUT2D eigenvalue weighted by Crippen LogP contribution is 2.34. The number of hydrogen-bond donors (Lipinski definition) is 4. The van der Waals surface area contributed by atoms with Crippen molar-refractivity contribution in [3.63, 3.8) is 0 Å². The highest BCUT2D eigenvalue weighted by molar-refractivity contribution is 5.97. The number of rotatable bonds is 18. The highest BCUT2D eigenvalue weighted by Gasteiger charge is 2.25. The normalized spacial score (nSPS) is 12.7. The smallest absolute Gasteiger partial charge is 0.246 e. The first-order valence-corrected chi connectivity index (χ1v) is 17.5. The van der Waals surface area contributed by atoms with E-state index in [4.69, 9.17) is 10.5 Å². The van der Waals surface area contributed by atoms with Gasteiger partial charge in [-0.15, -0.1) is 0 Å². The molecule has 8 nitrogen and oxygen atoms in total. The SMILES string of the molecule is COc1ccc(C(c2ccccc2)N(CCCC[C@H](NC(=O)C[C@@H](N)Cc2ccccc2)C(=O)Nc2ccc(CO)cc2)c2ccccc2)cc1. The third-order valence-electron chi connectivity index (χ3n) is 8.93. The number of nitrogens with zero attached hydrogens (tertiary/aromatic N) is 1. The van der Waals surface area contributed by atoms with Gasteiger partial charge in [0.05, 0.1) is 19.8 Å². The van der Waals surface area contributed by atoms with Crippen molar-refractivity contribution < 1.29 is 19.4 Å². The molecule has 0 heterocycles. The Balaban J connectivity index is 1.31. The summed E-state index contributed by atoms with van der Waals surface area (Å²) in [5.74, 6) is 0.245. The van der Waals surface area contributed by atoms with Gasteiger partial charge in [0, 0.05) is 30.4 Å². The van der Waals surface area contributed by atoms with Gasteiger partial charge < -0.3 is 31.1 Å². The van der Waals surface area contributed by atoms with E-state index in [1.807, 2.05) is 66.7 Å². The largest absolute Gasteiger partial charge is 0.497 e. The summed E-state index contributed by atoms with van der Waals surface area (Å²) in [5, 5.41) is 15.4. The van der Waals surface area contributed by atoms with Crippen LogP contribution in [-0.2, 0) is 22.6 Å². The van der Waals surface area contributed by atoms with Crippen LogP contribution in [0.15, 0.2) is 140 Å². The molecule has 51 heavy (non-hydrogen) atoms. The van der Waals surface area contributed by atoms with Crippen molar-refractivity contribution in [1.29, 1.82) is 0 Å². The Labute approximate surface area is 301 Å². The molecule has 1 unspecified atom stereocenters. The van der Waals surface area contributed by atoms with E-state index < -0.39 is 6.04 Å². The van der Waals surface area contributed by atoms with Crippen LogP contribution in [0.3, 0.4) is 0 Å². The van der Waals surface area contributed by atoms with Gasteiger partial charge in [-0.3, -0.25) is 9.59 Å². The van der Waals surface area contributed by atoms with Crippen LogP contribution in [0.1, 0.15) is 54.0 Å². The summed E-state index contributed by atoms with van der Waals surface area (Å²) in [5.41, 5.74) is 12.2. The lowest BCUT2D eigenvalue weighted by atomic mass is 9.95. The van der Waals surface area contributed by atoms with Crippen LogP contribution in [0.2, 0.25) is 0 Å². The van der Waals surface area contributed by atoms with Gasteiger partial charge in [-0.05, 0) is 84.3 Å². The van der Waals surface area contributed by atoms with Gasteiger partial charge in [0.2, 0.25) is 11.8 Å². The fraction of sp³-hybridized carbons (Fsp3) is 0.256. The third-order valence-corrected chi connectivity index (χ3v) is 8.93. The standard InChI is InChI=1S/C43H48N4O4/c1-51-39-26-22-35(23-27-39)42(34-15-7-3-8-16-34)47(38-17-9-4-10-18-38)28-12-11-19-40(43(50)45-37-24-20-33(31-48)21-25-37)46-41(49)30-36(44)29-32-13-5-2-6-14-32/h2-10,13-18,20-27,36,40,42,48H,11-12,19,28-31,44H2,1H3,(H,45,50)(H,46,49)/t36-,40-,42?/m0/s1. The number of nitrogens with two attached hydrogens (primary N) is 1. The third kappa shape index (κ3) is 11.0. The first-order chi connectivity index (χ1) is 24.9. The maximum Gasteiger partial charge on any atom is 0.246 e. The predicted octanol–water partition coefficient (Wildman–Crippen LogP) is 7.04. The molecular weight excluding hydrogens is 636 g/mol. The number of aliphatic hydroxyl groups excluding tert-OH is 1. The Bertz CT molecular complexity index is 1770. The summed E-state index contributed by atoms with van der Waals surface area (Å²) in [6.45, 7) is 0.627. The molecule has 0 saturated carbocycles. The average molecular weight is 685 g/mol. The number of nitrogens with one attached hydrogen (secondary N) is 2. The number of aliphatic hydroxyl groups is 1. The molecule has 3 atom stereocenters. The Kier molecular flexibility index (Phi) is 13.8. The van der Waals surface area contributed by atoms with Crippen molar-refractivity contribution >= 4 is 23.2 Å². The van der Waals surface area contributed by atoms with Gasteiger partial charge in [0.1, 0.15) is 11.8 Å². The molecule has 0 fully saturated rings. The Morgan fingerprint density at radius 2 is 1.35 bits per heavy atom. The Morgan fingerprint density at radius 1 is 0.745 bits per heavy atom. The van der Waals surface area contributed by atoms with E-state index in [0.29, 0.717) is 31.5 Å². The lowest BCUT2D eigenvalue weighted by Crippen LogP contribution is -2.45. The van der Waals surface area contributed by atoms with Crippen LogP contribution in [-0.4, -0.2) is 42.7 Å². The molecule has 0 aliphatic heterocycles. The number of unbranched alkanes of at least 4 members (excludes halogenated alkanes) is 1. The van der Waals surface area contributed by atoms with Crippen LogP contribution in [0, 0.1) is 0 Å². The Morgan fingerprint density at radius 3 is 1.98 bits per heavy atom. The highest BCUT2D eigenvalue weighted by atomic mass is 16.5. The molecule has 0 aliphatic carbocycles. The zero-order valence-electron chi connectivity index (χ0n) is 29.2. The summed E-state index contributed by atoms with van der Waals surface area (Å²) in [6, 6.07) is 44.6. The minimum atomic E-state index is -0.754. The summed E-state index contributed by atoms with van der Waals surface area (Å²) < 4.78 is 5.45. The lowest BCUT2D eigenvalue weighted by molar-refractivity contribution is -0.126. The van der Waals surface area contributed by atoms with Gasteiger partial charge >= 0.3 is 0 Å². The van der Waals surface area contributed by atoms with Gasteiger partial charge in [-0.2, -0.15) is 0 Å². The first-order valence-electron chi connectivity index (χ1n) is 17.5. The van der Waals surface area contributed by atoms with E-state index in [1.165, 1.54) is 0 Å². The molecule has 5 aromatic rings. The maximum absolute atomic E-state index is 13.6. The summed E-state index contributed by atoms with van der Waals surface area (Å²) in [6.07, 6.45) is 2.57. The molecule has 2 amide bonds. The quantitative estimate of drug-likeness (QED) is 0.0737. The van der Waals surface area contributed by atoms with Crippen molar-refractivity contribution in [3.05, 3.63) is 162 Å². The van der Waals surface area contributed by atoms with Crippen molar-refractivity contribution in [1.82, 2.24) is 5.32 Å². The van der Waals surface area contributed by atoms with Crippen LogP contribution in [0.5, 0.6) is 5.75 Å². The summed E-state index contributed by atoms with van der Waals surface area (Å²) >= 11 is 0. The molecule has 0 radical (unpaired) electrons. The van der Waals surface area contributed by atoms with E-state index in [-0.39, 0.29) is 36.9 Å². The first kappa shape index (κ1) is 36.8. The predicted molar refractivity (Wildman–Crippen MR) is 205 cm³/mol. The van der Waals surface area contributed by atoms with Crippen molar-refractivity contribution in [2.24, 2.45) is 5.73 Å². The number of ether oxygens (including phenoxy) is 1. The van der Waals surface area contributed by atoms with E-state index in [0.717, 1.165) is 40.1 Å². The fourth-order valence-corrected chi connectivity index (χ4v) is 6.30. The van der Waals surface area contributed by atoms with Crippen LogP contribution < -0.4 is 26.0 Å². The lowest BCUT2D eigenvalue weighted by Gasteiger charge is -2.35. The van der Waals surface area contributed by atoms with Crippen molar-refractivity contribution in [3.8, 4) is 5.75 Å². The second-order valence-corrected chi connectivity index (χ2v) is 12.7. The number of carbonyl (C=O) groups excluding carboxylic acids is 2. The van der Waals surface area contributed by atoms with E-state index >= 15 is 0 Å². The van der Waals surface area contributed by atoms with E-state index in [1.54, 1.807) is 31.4 Å². The molecule has 8 heteroatoms. The Hall–Kier alpha value is -5.44. The van der Waals surface area contributed by atoms with Crippen LogP contribution in [0.4, 0.5) is 11.4 Å². The molecular formula is C43H48N4O4. The van der Waals surface area contributed by atoms with Crippen LogP contribution >= 0.6 is 0 Å². The molecule has 264 valence electrons. The van der Waals surface area contributed by atoms with E-state index in [9.17, 15) is 14.7 Å². The van der Waals surface area contributed by atoms with Gasteiger partial charge in [0.15, 0.2) is 0 Å². The molecule has 0 bridgehead atoms. The van der Waals surface area contributed by atoms with Gasteiger partial charge in [0.25, 0.3) is 0 Å². The van der Waals surface area contributed by atoms with Gasteiger partial charge in [-0.1, -0.05) is 103 Å². The van der Waals surface area contributed by atoms with Crippen LogP contribution in [0.25, 0.3) is 0 Å². The number of methoxy groups -OCH3 is 1. The molecule has 0 aliphatic rings. The number of benzene rings is 5. The number of para-hydroxylation sites is 1. The number of carbonyl (C=O) groups is 2. The van der Waals surface area contributed by atoms with Gasteiger partial charge in [-0.25, -0.2) is 0 Å². The summed E-state index contributed by atoms with van der Waals surface area (Å²) in [7, 11) is 1.67. The molecule has 5 aromatic carbocycles.